The Kier molecular flexibility index (Phi) is 1.42. The fraction of sp³-hybridized carbons (Fsp3) is 0.667. The van der Waals surface area contributed by atoms with E-state index in [1.54, 1.807) is 6.92 Å². The van der Waals surface area contributed by atoms with Gasteiger partial charge in [0.2, 0.25) is 0 Å². The van der Waals surface area contributed by atoms with E-state index in [1.807, 2.05) is 6.21 Å². The molecule has 44 valence electrons. The standard InChI is InChI=1S/C6H9NO/c1-5(8)6-3-2-4-7-6/h4,6H,2-3H2,1H3. The highest BCUT2D eigenvalue weighted by Gasteiger charge is 2.13. The van der Waals surface area contributed by atoms with Gasteiger partial charge in [0, 0.05) is 0 Å². The molecule has 1 heterocycles. The van der Waals surface area contributed by atoms with Gasteiger partial charge >= 0.3 is 0 Å². The van der Waals surface area contributed by atoms with E-state index >= 15 is 0 Å². The van der Waals surface area contributed by atoms with Crippen LogP contribution in [0.2, 0.25) is 0 Å². The summed E-state index contributed by atoms with van der Waals surface area (Å²) in [5, 5.41) is 0. The Labute approximate surface area is 48.6 Å². The molecule has 0 saturated carbocycles. The monoisotopic (exact) mass is 111 g/mol. The Bertz CT molecular complexity index is 128. The van der Waals surface area contributed by atoms with Crippen molar-refractivity contribution in [2.45, 2.75) is 25.8 Å². The zero-order chi connectivity index (χ0) is 5.98. The Hall–Kier alpha value is -0.660. The number of aliphatic imine (C=N–C) groups is 1. The summed E-state index contributed by atoms with van der Waals surface area (Å²) in [4.78, 5) is 14.5. The molecule has 0 radical (unpaired) electrons. The van der Waals surface area contributed by atoms with Crippen LogP contribution in [0.15, 0.2) is 4.99 Å². The minimum Gasteiger partial charge on any atom is -0.298 e. The van der Waals surface area contributed by atoms with Gasteiger partial charge in [-0.25, -0.2) is 0 Å². The lowest BCUT2D eigenvalue weighted by atomic mass is 10.1. The molecular formula is C6H9NO. The molecule has 0 aliphatic carbocycles. The van der Waals surface area contributed by atoms with Crippen LogP contribution in [0, 0.1) is 0 Å². The van der Waals surface area contributed by atoms with Crippen LogP contribution in [-0.2, 0) is 4.79 Å². The maximum absolute atomic E-state index is 10.5. The average Bonchev–Trinajstić information content (AvgIpc) is 2.12. The summed E-state index contributed by atoms with van der Waals surface area (Å²) < 4.78 is 0. The summed E-state index contributed by atoms with van der Waals surface area (Å²) in [5.41, 5.74) is 0. The van der Waals surface area contributed by atoms with Gasteiger partial charge < -0.3 is 0 Å². The van der Waals surface area contributed by atoms with Crippen molar-refractivity contribution in [2.75, 3.05) is 0 Å². The van der Waals surface area contributed by atoms with Gasteiger partial charge in [0.1, 0.15) is 6.04 Å². The molecule has 0 aromatic rings. The van der Waals surface area contributed by atoms with Crippen molar-refractivity contribution < 1.29 is 4.79 Å². The topological polar surface area (TPSA) is 29.4 Å². The van der Waals surface area contributed by atoms with Crippen LogP contribution >= 0.6 is 0 Å². The van der Waals surface area contributed by atoms with Crippen molar-refractivity contribution in [3.63, 3.8) is 0 Å². The molecule has 2 nitrogen and oxygen atoms in total. The fourth-order valence-corrected chi connectivity index (χ4v) is 0.817. The number of carbonyl (C=O) groups is 1. The largest absolute Gasteiger partial charge is 0.298 e. The molecule has 8 heavy (non-hydrogen) atoms. The molecule has 1 aliphatic heterocycles. The van der Waals surface area contributed by atoms with Crippen LogP contribution in [0.25, 0.3) is 0 Å². The van der Waals surface area contributed by atoms with Crippen molar-refractivity contribution in [3.05, 3.63) is 0 Å². The lowest BCUT2D eigenvalue weighted by molar-refractivity contribution is -0.118. The van der Waals surface area contributed by atoms with Crippen molar-refractivity contribution in [1.82, 2.24) is 0 Å². The number of carbonyl (C=O) groups excluding carboxylic acids is 1. The molecule has 0 aromatic heterocycles. The second-order valence-electron chi connectivity index (χ2n) is 2.04. The van der Waals surface area contributed by atoms with E-state index in [2.05, 4.69) is 4.99 Å². The van der Waals surface area contributed by atoms with Gasteiger partial charge in [0.05, 0.1) is 0 Å². The predicted molar refractivity (Wildman–Crippen MR) is 32.2 cm³/mol. The maximum Gasteiger partial charge on any atom is 0.154 e. The van der Waals surface area contributed by atoms with Gasteiger partial charge in [-0.15, -0.1) is 0 Å². The first-order valence-electron chi connectivity index (χ1n) is 2.83. The molecule has 0 spiro atoms. The molecule has 1 aliphatic rings. The number of hydrogen-bond acceptors (Lipinski definition) is 2. The highest BCUT2D eigenvalue weighted by molar-refractivity contribution is 5.84. The molecule has 0 bridgehead atoms. The Morgan fingerprint density at radius 1 is 1.88 bits per heavy atom. The van der Waals surface area contributed by atoms with E-state index in [-0.39, 0.29) is 11.8 Å². The fourth-order valence-electron chi connectivity index (χ4n) is 0.817. The van der Waals surface area contributed by atoms with Crippen LogP contribution < -0.4 is 0 Å². The highest BCUT2D eigenvalue weighted by atomic mass is 16.1. The summed E-state index contributed by atoms with van der Waals surface area (Å²) in [5.74, 6) is 0.193. The summed E-state index contributed by atoms with van der Waals surface area (Å²) in [7, 11) is 0. The van der Waals surface area contributed by atoms with Gasteiger partial charge in [0.15, 0.2) is 5.78 Å². The van der Waals surface area contributed by atoms with Crippen molar-refractivity contribution in [2.24, 2.45) is 4.99 Å². The molecule has 0 amide bonds. The molecule has 1 atom stereocenters. The summed E-state index contributed by atoms with van der Waals surface area (Å²) >= 11 is 0. The first kappa shape index (κ1) is 5.48. The van der Waals surface area contributed by atoms with E-state index in [0.29, 0.717) is 0 Å². The van der Waals surface area contributed by atoms with Crippen molar-refractivity contribution in [1.29, 1.82) is 0 Å². The van der Waals surface area contributed by atoms with E-state index in [4.69, 9.17) is 0 Å². The van der Waals surface area contributed by atoms with E-state index < -0.39 is 0 Å². The number of ketones is 1. The molecule has 1 rings (SSSR count). The third-order valence-electron chi connectivity index (χ3n) is 1.32. The van der Waals surface area contributed by atoms with Gasteiger partial charge in [-0.3, -0.25) is 9.79 Å². The molecule has 1 unspecified atom stereocenters. The van der Waals surface area contributed by atoms with Crippen molar-refractivity contribution >= 4 is 12.0 Å². The van der Waals surface area contributed by atoms with Gasteiger partial charge in [0.25, 0.3) is 0 Å². The number of rotatable bonds is 1. The number of hydrogen-bond donors (Lipinski definition) is 0. The van der Waals surface area contributed by atoms with Crippen LogP contribution in [-0.4, -0.2) is 18.0 Å². The Morgan fingerprint density at radius 2 is 2.62 bits per heavy atom. The van der Waals surface area contributed by atoms with Gasteiger partial charge in [-0.2, -0.15) is 0 Å². The van der Waals surface area contributed by atoms with Crippen LogP contribution in [0.4, 0.5) is 0 Å². The quantitative estimate of drug-likeness (QED) is 0.492. The van der Waals surface area contributed by atoms with Crippen LogP contribution in [0.3, 0.4) is 0 Å². The van der Waals surface area contributed by atoms with Crippen LogP contribution in [0.5, 0.6) is 0 Å². The van der Waals surface area contributed by atoms with Crippen LogP contribution in [0.1, 0.15) is 19.8 Å². The maximum atomic E-state index is 10.5. The lowest BCUT2D eigenvalue weighted by Gasteiger charge is -1.96. The lowest BCUT2D eigenvalue weighted by Crippen LogP contribution is -2.10. The first-order valence-corrected chi connectivity index (χ1v) is 2.83. The molecule has 0 fully saturated rings. The van der Waals surface area contributed by atoms with E-state index in [0.717, 1.165) is 12.8 Å². The summed E-state index contributed by atoms with van der Waals surface area (Å²) in [6.07, 6.45) is 3.73. The number of nitrogens with zero attached hydrogens (tertiary/aromatic N) is 1. The Morgan fingerprint density at radius 3 is 2.88 bits per heavy atom. The SMILES string of the molecule is CC(=O)C1CCC=N1. The highest BCUT2D eigenvalue weighted by Crippen LogP contribution is 2.07. The molecule has 2 heteroatoms. The van der Waals surface area contributed by atoms with Gasteiger partial charge in [-0.1, -0.05) is 0 Å². The molecule has 0 saturated heterocycles. The Balaban J connectivity index is 2.48. The third kappa shape index (κ3) is 0.941. The van der Waals surface area contributed by atoms with Crippen molar-refractivity contribution in [3.8, 4) is 0 Å². The first-order chi connectivity index (χ1) is 3.80. The summed E-state index contributed by atoms with van der Waals surface area (Å²) in [6.45, 7) is 1.59. The van der Waals surface area contributed by atoms with Gasteiger partial charge in [-0.05, 0) is 26.0 Å². The zero-order valence-electron chi connectivity index (χ0n) is 4.92. The number of Topliss-reactive ketones (excluding diaryl/α,β-unsaturated/α-hetero) is 1. The smallest absolute Gasteiger partial charge is 0.154 e. The van der Waals surface area contributed by atoms with E-state index in [1.165, 1.54) is 0 Å². The zero-order valence-corrected chi connectivity index (χ0v) is 4.92. The average molecular weight is 111 g/mol. The second-order valence-corrected chi connectivity index (χ2v) is 2.04. The predicted octanol–water partition coefficient (Wildman–Crippen LogP) is 0.809. The normalized spacial score (nSPS) is 26.4. The minimum atomic E-state index is -0.00463. The molecule has 0 aromatic carbocycles. The molecule has 0 N–H and O–H groups in total. The third-order valence-corrected chi connectivity index (χ3v) is 1.32. The second kappa shape index (κ2) is 2.07. The summed E-state index contributed by atoms with van der Waals surface area (Å²) in [6, 6.07) is -0.00463. The van der Waals surface area contributed by atoms with E-state index in [9.17, 15) is 4.79 Å². The minimum absolute atomic E-state index is 0.00463. The molecular weight excluding hydrogens is 102 g/mol.